The quantitative estimate of drug-likeness (QED) is 0.581. The van der Waals surface area contributed by atoms with E-state index in [9.17, 15) is 4.91 Å². The minimum absolute atomic E-state index is 0.0864. The lowest BCUT2D eigenvalue weighted by Gasteiger charge is -2.06. The molecule has 6 heteroatoms. The third kappa shape index (κ3) is 4.54. The van der Waals surface area contributed by atoms with E-state index in [-0.39, 0.29) is 6.61 Å². The number of nitrogens with zero attached hydrogens (tertiary/aromatic N) is 1. The van der Waals surface area contributed by atoms with Crippen molar-refractivity contribution in [2.24, 2.45) is 0 Å². The maximum absolute atomic E-state index is 11.4. The predicted molar refractivity (Wildman–Crippen MR) is 71.2 cm³/mol. The lowest BCUT2D eigenvalue weighted by molar-refractivity contribution is -0.736. The van der Waals surface area contributed by atoms with Gasteiger partial charge in [-0.3, -0.25) is 0 Å². The number of ether oxygens (including phenoxy) is 1. The van der Waals surface area contributed by atoms with Crippen LogP contribution in [0.1, 0.15) is 12.0 Å². The van der Waals surface area contributed by atoms with Crippen LogP contribution in [0.4, 0.5) is 5.69 Å². The van der Waals surface area contributed by atoms with Gasteiger partial charge in [-0.15, -0.1) is 0 Å². The molecule has 18 heavy (non-hydrogen) atoms. The van der Waals surface area contributed by atoms with Gasteiger partial charge in [0.2, 0.25) is 0 Å². The zero-order valence-electron chi connectivity index (χ0n) is 10.6. The molecular weight excluding hydrogens is 254 g/mol. The second-order valence-corrected chi connectivity index (χ2v) is 4.50. The molecule has 0 amide bonds. The zero-order valence-corrected chi connectivity index (χ0v) is 11.4. The van der Waals surface area contributed by atoms with E-state index in [2.05, 4.69) is 4.84 Å². The Morgan fingerprint density at radius 3 is 2.78 bits per heavy atom. The SMILES string of the molecule is CO[N+](=O)c1cc(CSC)cc(OCCCO)c1. The van der Waals surface area contributed by atoms with Crippen LogP contribution in [0.5, 0.6) is 5.75 Å². The predicted octanol–water partition coefficient (Wildman–Crippen LogP) is 2.28. The van der Waals surface area contributed by atoms with Gasteiger partial charge in [-0.2, -0.15) is 11.8 Å². The first-order valence-corrected chi connectivity index (χ1v) is 6.98. The van der Waals surface area contributed by atoms with E-state index in [1.807, 2.05) is 12.3 Å². The standard InChI is InChI=1S/C12H18NO4S/c1-16-13(15)11-6-10(9-18-2)7-12(8-11)17-5-3-4-14/h6-8,14H,3-5,9H2,1-2H3/q+1. The van der Waals surface area contributed by atoms with Gasteiger partial charge in [0.15, 0.2) is 7.11 Å². The van der Waals surface area contributed by atoms with Crippen molar-refractivity contribution in [3.63, 3.8) is 0 Å². The van der Waals surface area contributed by atoms with Crippen LogP contribution >= 0.6 is 11.8 Å². The van der Waals surface area contributed by atoms with Gasteiger partial charge in [-0.05, 0) is 17.9 Å². The van der Waals surface area contributed by atoms with Crippen molar-refractivity contribution < 1.29 is 19.6 Å². The molecule has 0 spiro atoms. The molecule has 0 aliphatic rings. The second-order valence-electron chi connectivity index (χ2n) is 3.63. The molecule has 0 unspecified atom stereocenters. The Bertz CT molecular complexity index is 398. The van der Waals surface area contributed by atoms with Gasteiger partial charge in [0.05, 0.1) is 17.6 Å². The summed E-state index contributed by atoms with van der Waals surface area (Å²) in [6.07, 6.45) is 2.55. The molecule has 100 valence electrons. The summed E-state index contributed by atoms with van der Waals surface area (Å²) in [4.78, 5) is 16.5. The Hall–Kier alpha value is -1.27. The van der Waals surface area contributed by atoms with Gasteiger partial charge in [0.1, 0.15) is 5.75 Å². The first kappa shape index (κ1) is 14.8. The van der Waals surface area contributed by atoms with Gasteiger partial charge in [-0.1, -0.05) is 0 Å². The van der Waals surface area contributed by atoms with Crippen LogP contribution in [-0.4, -0.2) is 36.6 Å². The number of rotatable bonds is 8. The summed E-state index contributed by atoms with van der Waals surface area (Å²) in [6, 6.07) is 5.28. The summed E-state index contributed by atoms with van der Waals surface area (Å²) in [7, 11) is 1.32. The van der Waals surface area contributed by atoms with Crippen LogP contribution in [0.2, 0.25) is 0 Å². The molecule has 1 N–H and O–H groups in total. The van der Waals surface area contributed by atoms with E-state index in [0.717, 1.165) is 11.3 Å². The van der Waals surface area contributed by atoms with Crippen LogP contribution in [0, 0.1) is 4.91 Å². The molecular formula is C12H18NO4S+. The monoisotopic (exact) mass is 272 g/mol. The highest BCUT2D eigenvalue weighted by Crippen LogP contribution is 2.25. The molecule has 0 radical (unpaired) electrons. The van der Waals surface area contributed by atoms with Crippen molar-refractivity contribution >= 4 is 17.4 Å². The third-order valence-electron chi connectivity index (χ3n) is 2.21. The highest BCUT2D eigenvalue weighted by molar-refractivity contribution is 7.97. The molecule has 1 rings (SSSR count). The van der Waals surface area contributed by atoms with E-state index in [1.54, 1.807) is 23.9 Å². The summed E-state index contributed by atoms with van der Waals surface area (Å²) in [6.45, 7) is 0.508. The molecule has 1 aromatic carbocycles. The fraction of sp³-hybridized carbons (Fsp3) is 0.500. The largest absolute Gasteiger partial charge is 0.493 e. The fourth-order valence-corrected chi connectivity index (χ4v) is 1.94. The van der Waals surface area contributed by atoms with E-state index >= 15 is 0 Å². The number of benzene rings is 1. The van der Waals surface area contributed by atoms with Gasteiger partial charge in [0, 0.05) is 24.8 Å². The van der Waals surface area contributed by atoms with E-state index in [1.165, 1.54) is 7.11 Å². The number of hydrogen-bond donors (Lipinski definition) is 1. The summed E-state index contributed by atoms with van der Waals surface area (Å²) < 4.78 is 5.48. The van der Waals surface area contributed by atoms with Crippen LogP contribution in [0.15, 0.2) is 18.2 Å². The lowest BCUT2D eigenvalue weighted by Crippen LogP contribution is -2.03. The van der Waals surface area contributed by atoms with Gasteiger partial charge in [-0.25, -0.2) is 4.84 Å². The maximum Gasteiger partial charge on any atom is 0.320 e. The lowest BCUT2D eigenvalue weighted by atomic mass is 10.2. The highest BCUT2D eigenvalue weighted by Gasteiger charge is 2.17. The summed E-state index contributed by atoms with van der Waals surface area (Å²) in [5.74, 6) is 1.41. The molecule has 0 heterocycles. The zero-order chi connectivity index (χ0) is 13.4. The van der Waals surface area contributed by atoms with E-state index in [4.69, 9.17) is 9.84 Å². The first-order valence-electron chi connectivity index (χ1n) is 5.59. The van der Waals surface area contributed by atoms with Crippen molar-refractivity contribution in [3.05, 3.63) is 28.7 Å². The Kier molecular flexibility index (Phi) is 6.53. The van der Waals surface area contributed by atoms with Crippen molar-refractivity contribution in [2.75, 3.05) is 26.6 Å². The average Bonchev–Trinajstić information content (AvgIpc) is 2.38. The van der Waals surface area contributed by atoms with Crippen LogP contribution in [0.25, 0.3) is 0 Å². The molecule has 1 aromatic rings. The smallest absolute Gasteiger partial charge is 0.320 e. The van der Waals surface area contributed by atoms with Crippen molar-refractivity contribution in [1.29, 1.82) is 0 Å². The molecule has 0 aliphatic heterocycles. The molecule has 0 atom stereocenters. The Morgan fingerprint density at radius 2 is 2.17 bits per heavy atom. The molecule has 0 fully saturated rings. The average molecular weight is 272 g/mol. The topological polar surface area (TPSA) is 58.8 Å². The van der Waals surface area contributed by atoms with Crippen LogP contribution < -0.4 is 4.74 Å². The first-order chi connectivity index (χ1) is 8.71. The Balaban J connectivity index is 2.87. The minimum atomic E-state index is 0.0864. The Labute approximate surface area is 111 Å². The van der Waals surface area contributed by atoms with E-state index in [0.29, 0.717) is 29.4 Å². The normalized spacial score (nSPS) is 10.2. The van der Waals surface area contributed by atoms with Gasteiger partial charge >= 0.3 is 5.69 Å². The number of aliphatic hydroxyl groups is 1. The number of thioether (sulfide) groups is 1. The molecule has 0 saturated heterocycles. The number of hydrogen-bond acceptors (Lipinski definition) is 5. The third-order valence-corrected chi connectivity index (χ3v) is 2.83. The fourth-order valence-electron chi connectivity index (χ4n) is 1.44. The summed E-state index contributed by atoms with van der Waals surface area (Å²) >= 11 is 1.66. The van der Waals surface area contributed by atoms with Gasteiger partial charge in [0.25, 0.3) is 4.92 Å². The molecule has 0 aliphatic carbocycles. The van der Waals surface area contributed by atoms with Crippen molar-refractivity contribution in [2.45, 2.75) is 12.2 Å². The second kappa shape index (κ2) is 7.94. The molecule has 0 saturated carbocycles. The minimum Gasteiger partial charge on any atom is -0.493 e. The van der Waals surface area contributed by atoms with E-state index < -0.39 is 0 Å². The molecule has 0 aromatic heterocycles. The maximum atomic E-state index is 11.4. The highest BCUT2D eigenvalue weighted by atomic mass is 32.2. The van der Waals surface area contributed by atoms with Gasteiger partial charge < -0.3 is 9.84 Å². The van der Waals surface area contributed by atoms with Crippen LogP contribution in [0.3, 0.4) is 0 Å². The number of aliphatic hydroxyl groups excluding tert-OH is 1. The molecule has 5 nitrogen and oxygen atoms in total. The summed E-state index contributed by atoms with van der Waals surface area (Å²) in [5.41, 5.74) is 1.40. The summed E-state index contributed by atoms with van der Waals surface area (Å²) in [5, 5.41) is 8.70. The molecule has 0 bridgehead atoms. The Morgan fingerprint density at radius 1 is 1.39 bits per heavy atom. The van der Waals surface area contributed by atoms with Crippen molar-refractivity contribution in [1.82, 2.24) is 0 Å². The van der Waals surface area contributed by atoms with Crippen LogP contribution in [-0.2, 0) is 10.6 Å². The van der Waals surface area contributed by atoms with Crippen molar-refractivity contribution in [3.8, 4) is 5.75 Å².